The smallest absolute Gasteiger partial charge is 0.246 e. The normalized spacial score (nSPS) is 32.9. The minimum atomic E-state index is -1.11. The van der Waals surface area contributed by atoms with E-state index in [0.29, 0.717) is 11.4 Å². The third-order valence-corrected chi connectivity index (χ3v) is 9.64. The lowest BCUT2D eigenvalue weighted by Crippen LogP contribution is -2.58. The van der Waals surface area contributed by atoms with Crippen LogP contribution in [0.3, 0.4) is 0 Å². The highest BCUT2D eigenvalue weighted by Crippen LogP contribution is 2.56. The van der Waals surface area contributed by atoms with Crippen LogP contribution in [0.25, 0.3) is 0 Å². The number of ether oxygens (including phenoxy) is 2. The van der Waals surface area contributed by atoms with Crippen molar-refractivity contribution in [2.24, 2.45) is 11.8 Å². The largest absolute Gasteiger partial charge is 0.497 e. The molecule has 8 heteroatoms. The van der Waals surface area contributed by atoms with Gasteiger partial charge in [0.15, 0.2) is 0 Å². The summed E-state index contributed by atoms with van der Waals surface area (Å²) in [6.07, 6.45) is 16.0. The molecule has 210 valence electrons. The van der Waals surface area contributed by atoms with Crippen molar-refractivity contribution in [3.8, 4) is 5.75 Å². The van der Waals surface area contributed by atoms with E-state index >= 15 is 0 Å². The molecule has 3 amide bonds. The molecule has 3 heterocycles. The molecule has 0 aromatic heterocycles. The third kappa shape index (κ3) is 4.75. The van der Waals surface area contributed by atoms with Gasteiger partial charge in [-0.25, -0.2) is 0 Å². The van der Waals surface area contributed by atoms with Crippen LogP contribution < -0.4 is 15.4 Å². The third-order valence-electron chi connectivity index (χ3n) is 9.64. The maximum atomic E-state index is 14.4. The summed E-state index contributed by atoms with van der Waals surface area (Å²) in [6.45, 7) is 0. The number of methoxy groups -OCH3 is 1. The van der Waals surface area contributed by atoms with Gasteiger partial charge in [-0.15, -0.1) is 0 Å². The van der Waals surface area contributed by atoms with Crippen molar-refractivity contribution in [3.05, 3.63) is 36.4 Å². The van der Waals surface area contributed by atoms with Crippen LogP contribution in [0.1, 0.15) is 77.0 Å². The Hall–Kier alpha value is -2.87. The standard InChI is InChI=1S/C31H41N3O5/c1-38-23-16-14-21(15-17-23)32-28(35)25-24-18-19-31(39-24)26(25)30(37)34(22-12-8-3-2-4-9-13-22)27(31)29(36)33-20-10-6-5-7-11-20/h14-20,22,24-27H,2-13H2,1H3,(H,32,35)(H,33,36)/t24-,25-,26-,27+,31-/m1/s1. The molecule has 2 N–H and O–H groups in total. The fourth-order valence-corrected chi connectivity index (χ4v) is 7.74. The van der Waals surface area contributed by atoms with Gasteiger partial charge >= 0.3 is 0 Å². The van der Waals surface area contributed by atoms with Gasteiger partial charge in [0.2, 0.25) is 17.7 Å². The lowest BCUT2D eigenvalue weighted by molar-refractivity contribution is -0.144. The lowest BCUT2D eigenvalue weighted by atomic mass is 9.74. The molecule has 2 aliphatic carbocycles. The second-order valence-electron chi connectivity index (χ2n) is 12.0. The predicted molar refractivity (Wildman–Crippen MR) is 147 cm³/mol. The minimum absolute atomic E-state index is 0.0127. The van der Waals surface area contributed by atoms with Crippen molar-refractivity contribution in [3.63, 3.8) is 0 Å². The van der Waals surface area contributed by atoms with Crippen LogP contribution in [0.5, 0.6) is 5.75 Å². The Morgan fingerprint density at radius 3 is 2.26 bits per heavy atom. The Morgan fingerprint density at radius 2 is 1.56 bits per heavy atom. The number of rotatable bonds is 6. The number of hydrogen-bond acceptors (Lipinski definition) is 5. The highest BCUT2D eigenvalue weighted by molar-refractivity contribution is 6.03. The van der Waals surface area contributed by atoms with Crippen molar-refractivity contribution in [1.29, 1.82) is 0 Å². The number of carbonyl (C=O) groups is 3. The molecule has 2 saturated carbocycles. The molecular formula is C31H41N3O5. The number of nitrogens with zero attached hydrogens (tertiary/aromatic N) is 1. The molecule has 39 heavy (non-hydrogen) atoms. The summed E-state index contributed by atoms with van der Waals surface area (Å²) < 4.78 is 11.8. The molecule has 2 bridgehead atoms. The SMILES string of the molecule is COc1ccc(NC(=O)[C@@H]2[C@H]3C=C[C@]4(O3)[C@H](C(=O)NC3CCCCC3)N(C3CCCCCCC3)C(=O)[C@@H]24)cc1. The molecule has 2 saturated heterocycles. The van der Waals surface area contributed by atoms with Gasteiger partial charge in [-0.1, -0.05) is 63.5 Å². The number of nitrogens with one attached hydrogen (secondary N) is 2. The van der Waals surface area contributed by atoms with Gasteiger partial charge in [0, 0.05) is 17.8 Å². The van der Waals surface area contributed by atoms with Crippen LogP contribution in [0, 0.1) is 11.8 Å². The van der Waals surface area contributed by atoms with Gasteiger partial charge in [0.05, 0.1) is 25.0 Å². The summed E-state index contributed by atoms with van der Waals surface area (Å²) in [5.41, 5.74) is -0.472. The Labute approximate surface area is 230 Å². The average Bonchev–Trinajstić information content (AvgIpc) is 3.57. The topological polar surface area (TPSA) is 97.0 Å². The zero-order chi connectivity index (χ0) is 27.0. The summed E-state index contributed by atoms with van der Waals surface area (Å²) >= 11 is 0. The maximum absolute atomic E-state index is 14.4. The summed E-state index contributed by atoms with van der Waals surface area (Å²) in [6, 6.07) is 6.52. The summed E-state index contributed by atoms with van der Waals surface area (Å²) in [7, 11) is 1.60. The van der Waals surface area contributed by atoms with Crippen LogP contribution in [0.4, 0.5) is 5.69 Å². The first-order chi connectivity index (χ1) is 19.0. The molecule has 0 unspecified atom stereocenters. The van der Waals surface area contributed by atoms with Gasteiger partial charge in [-0.05, 0) is 49.9 Å². The zero-order valence-electron chi connectivity index (χ0n) is 22.9. The van der Waals surface area contributed by atoms with E-state index < -0.39 is 29.6 Å². The molecule has 4 fully saturated rings. The van der Waals surface area contributed by atoms with Crippen LogP contribution in [0.15, 0.2) is 36.4 Å². The van der Waals surface area contributed by atoms with E-state index in [-0.39, 0.29) is 29.8 Å². The van der Waals surface area contributed by atoms with E-state index in [1.807, 2.05) is 17.1 Å². The maximum Gasteiger partial charge on any atom is 0.246 e. The van der Waals surface area contributed by atoms with E-state index in [4.69, 9.17) is 9.47 Å². The molecule has 8 nitrogen and oxygen atoms in total. The van der Waals surface area contributed by atoms with Gasteiger partial charge in [0.1, 0.15) is 17.4 Å². The van der Waals surface area contributed by atoms with Crippen molar-refractivity contribution in [2.75, 3.05) is 12.4 Å². The van der Waals surface area contributed by atoms with Crippen LogP contribution >= 0.6 is 0 Å². The highest BCUT2D eigenvalue weighted by atomic mass is 16.5. The first-order valence-corrected chi connectivity index (χ1v) is 15.0. The van der Waals surface area contributed by atoms with E-state index in [1.54, 1.807) is 31.4 Å². The quantitative estimate of drug-likeness (QED) is 0.528. The number of amides is 3. The first kappa shape index (κ1) is 26.4. The second-order valence-corrected chi connectivity index (χ2v) is 12.0. The van der Waals surface area contributed by atoms with Crippen LogP contribution in [-0.4, -0.2) is 59.6 Å². The summed E-state index contributed by atoms with van der Waals surface area (Å²) in [5, 5.41) is 6.30. The number of hydrogen-bond donors (Lipinski definition) is 2. The van der Waals surface area contributed by atoms with E-state index in [0.717, 1.165) is 64.2 Å². The first-order valence-electron chi connectivity index (χ1n) is 15.0. The van der Waals surface area contributed by atoms with Crippen molar-refractivity contribution in [2.45, 2.75) is 107 Å². The van der Waals surface area contributed by atoms with Crippen molar-refractivity contribution in [1.82, 2.24) is 10.2 Å². The molecule has 1 aromatic carbocycles. The zero-order valence-corrected chi connectivity index (χ0v) is 22.9. The van der Waals surface area contributed by atoms with Crippen molar-refractivity contribution < 1.29 is 23.9 Å². The van der Waals surface area contributed by atoms with E-state index in [1.165, 1.54) is 12.8 Å². The van der Waals surface area contributed by atoms with E-state index in [2.05, 4.69) is 10.6 Å². The fraction of sp³-hybridized carbons (Fsp3) is 0.645. The average molecular weight is 536 g/mol. The molecule has 0 radical (unpaired) electrons. The Balaban J connectivity index is 1.30. The van der Waals surface area contributed by atoms with Crippen molar-refractivity contribution >= 4 is 23.4 Å². The lowest BCUT2D eigenvalue weighted by Gasteiger charge is -2.38. The fourth-order valence-electron chi connectivity index (χ4n) is 7.74. The van der Waals surface area contributed by atoms with Gasteiger partial charge < -0.3 is 25.0 Å². The number of benzene rings is 1. The molecule has 3 aliphatic heterocycles. The Bertz CT molecular complexity index is 1110. The number of likely N-dealkylation sites (tertiary alicyclic amines) is 1. The van der Waals surface area contributed by atoms with Crippen LogP contribution in [-0.2, 0) is 19.1 Å². The minimum Gasteiger partial charge on any atom is -0.497 e. The summed E-state index contributed by atoms with van der Waals surface area (Å²) in [5.74, 6) is -1.18. The molecule has 5 aliphatic rings. The number of fused-ring (bicyclic) bond motifs is 1. The van der Waals surface area contributed by atoms with Gasteiger partial charge in [0.25, 0.3) is 0 Å². The monoisotopic (exact) mass is 535 g/mol. The molecule has 5 atom stereocenters. The summed E-state index contributed by atoms with van der Waals surface area (Å²) in [4.78, 5) is 44.0. The predicted octanol–water partition coefficient (Wildman–Crippen LogP) is 4.35. The Morgan fingerprint density at radius 1 is 0.923 bits per heavy atom. The Kier molecular flexibility index (Phi) is 7.40. The molecule has 6 rings (SSSR count). The molecular weight excluding hydrogens is 494 g/mol. The molecule has 1 spiro atoms. The van der Waals surface area contributed by atoms with Crippen LogP contribution in [0.2, 0.25) is 0 Å². The second kappa shape index (κ2) is 11.0. The highest BCUT2D eigenvalue weighted by Gasteiger charge is 2.73. The van der Waals surface area contributed by atoms with E-state index in [9.17, 15) is 14.4 Å². The number of anilines is 1. The number of carbonyl (C=O) groups excluding carboxylic acids is 3. The van der Waals surface area contributed by atoms with Gasteiger partial charge in [-0.3, -0.25) is 14.4 Å². The van der Waals surface area contributed by atoms with Gasteiger partial charge in [-0.2, -0.15) is 0 Å². The molecule has 1 aromatic rings.